The minimum absolute atomic E-state index is 0.0566. The van der Waals surface area contributed by atoms with Crippen LogP contribution in [0.1, 0.15) is 35.3 Å². The van der Waals surface area contributed by atoms with Gasteiger partial charge in [0.25, 0.3) is 5.91 Å². The molecule has 4 rings (SSSR count). The topological polar surface area (TPSA) is 100 Å². The summed E-state index contributed by atoms with van der Waals surface area (Å²) < 4.78 is 0. The van der Waals surface area contributed by atoms with E-state index in [1.54, 1.807) is 42.9 Å². The van der Waals surface area contributed by atoms with Gasteiger partial charge in [0.05, 0.1) is 12.3 Å². The molecule has 0 saturated carbocycles. The molecule has 0 fully saturated rings. The number of amides is 1. The summed E-state index contributed by atoms with van der Waals surface area (Å²) in [6, 6.07) is 18.0. The molecule has 2 aromatic heterocycles. The lowest BCUT2D eigenvalue weighted by Crippen LogP contribution is -2.12. The van der Waals surface area contributed by atoms with Gasteiger partial charge in [0.2, 0.25) is 5.95 Å². The lowest BCUT2D eigenvalue weighted by Gasteiger charge is -2.12. The van der Waals surface area contributed by atoms with Crippen molar-refractivity contribution in [1.29, 1.82) is 0 Å². The molecule has 168 valence electrons. The summed E-state index contributed by atoms with van der Waals surface area (Å²) in [6.07, 6.45) is 5.16. The van der Waals surface area contributed by atoms with E-state index in [0.29, 0.717) is 17.2 Å². The number of hydrogen-bond donors (Lipinski definition) is 3. The Morgan fingerprint density at radius 3 is 2.48 bits per heavy atom. The number of carbonyl (C=O) groups is 1. The number of aliphatic hydroxyl groups is 1. The van der Waals surface area contributed by atoms with Gasteiger partial charge in [0, 0.05) is 41.1 Å². The van der Waals surface area contributed by atoms with Gasteiger partial charge in [-0.25, -0.2) is 9.97 Å². The molecule has 4 aromatic rings. The van der Waals surface area contributed by atoms with Crippen LogP contribution >= 0.6 is 0 Å². The van der Waals surface area contributed by atoms with E-state index in [9.17, 15) is 4.79 Å². The molecule has 0 bridgehead atoms. The average molecular weight is 442 g/mol. The van der Waals surface area contributed by atoms with Gasteiger partial charge >= 0.3 is 0 Å². The molecular formula is C26H27N5O2. The summed E-state index contributed by atoms with van der Waals surface area (Å²) in [6.45, 7) is 5.91. The van der Waals surface area contributed by atoms with Crippen LogP contribution in [0.3, 0.4) is 0 Å². The number of aliphatic hydroxyl groups excluding tert-OH is 1. The Morgan fingerprint density at radius 2 is 1.79 bits per heavy atom. The molecule has 0 aliphatic rings. The van der Waals surface area contributed by atoms with E-state index in [1.165, 1.54) is 0 Å². The molecule has 1 amide bonds. The van der Waals surface area contributed by atoms with Crippen LogP contribution in [0.4, 0.5) is 17.3 Å². The number of aryl methyl sites for hydroxylation is 1. The zero-order chi connectivity index (χ0) is 23.6. The van der Waals surface area contributed by atoms with Crippen molar-refractivity contribution in [2.75, 3.05) is 10.6 Å². The van der Waals surface area contributed by atoms with E-state index in [0.717, 1.165) is 28.1 Å². The van der Waals surface area contributed by atoms with E-state index >= 15 is 0 Å². The summed E-state index contributed by atoms with van der Waals surface area (Å²) in [5.74, 6) is 0.224. The minimum atomic E-state index is -0.228. The maximum atomic E-state index is 12.5. The van der Waals surface area contributed by atoms with Crippen LogP contribution in [-0.2, 0) is 6.61 Å². The van der Waals surface area contributed by atoms with Gasteiger partial charge in [-0.2, -0.15) is 0 Å². The van der Waals surface area contributed by atoms with E-state index in [1.807, 2.05) is 57.2 Å². The summed E-state index contributed by atoms with van der Waals surface area (Å²) in [4.78, 5) is 25.5. The Morgan fingerprint density at radius 1 is 1.00 bits per heavy atom. The Kier molecular flexibility index (Phi) is 8.21. The third kappa shape index (κ3) is 6.21. The van der Waals surface area contributed by atoms with Crippen molar-refractivity contribution in [3.63, 3.8) is 0 Å². The Labute approximate surface area is 193 Å². The van der Waals surface area contributed by atoms with Gasteiger partial charge in [-0.15, -0.1) is 0 Å². The molecule has 7 heteroatoms. The van der Waals surface area contributed by atoms with Gasteiger partial charge in [0.1, 0.15) is 0 Å². The van der Waals surface area contributed by atoms with Crippen LogP contribution in [0.15, 0.2) is 79.3 Å². The number of nitrogens with one attached hydrogen (secondary N) is 2. The summed E-state index contributed by atoms with van der Waals surface area (Å²) in [5.41, 5.74) is 5.36. The molecule has 0 spiro atoms. The number of hydrogen-bond acceptors (Lipinski definition) is 6. The molecule has 0 aliphatic heterocycles. The number of aromatic nitrogens is 3. The zero-order valence-corrected chi connectivity index (χ0v) is 18.9. The van der Waals surface area contributed by atoms with Gasteiger partial charge in [-0.3, -0.25) is 9.78 Å². The number of pyridine rings is 1. The zero-order valence-electron chi connectivity index (χ0n) is 18.9. The maximum Gasteiger partial charge on any atom is 0.255 e. The van der Waals surface area contributed by atoms with Crippen LogP contribution in [0.5, 0.6) is 0 Å². The molecule has 0 radical (unpaired) electrons. The minimum Gasteiger partial charge on any atom is -0.392 e. The first-order valence-corrected chi connectivity index (χ1v) is 10.7. The fourth-order valence-corrected chi connectivity index (χ4v) is 3.01. The Hall–Kier alpha value is -4.10. The highest BCUT2D eigenvalue weighted by Gasteiger charge is 2.09. The number of nitrogens with zero attached hydrogens (tertiary/aromatic N) is 3. The van der Waals surface area contributed by atoms with Gasteiger partial charge in [0.15, 0.2) is 0 Å². The highest BCUT2D eigenvalue weighted by atomic mass is 16.3. The van der Waals surface area contributed by atoms with Crippen molar-refractivity contribution >= 4 is 23.2 Å². The lowest BCUT2D eigenvalue weighted by atomic mass is 10.1. The molecule has 0 unspecified atom stereocenters. The van der Waals surface area contributed by atoms with Gasteiger partial charge in [-0.1, -0.05) is 32.0 Å². The molecular weight excluding hydrogens is 414 g/mol. The standard InChI is InChI=1S/C24H21N5O2.C2H6/c1-16-4-9-20(27-23(31)18-7-5-17(15-30)6-8-18)13-22(16)29-24-26-12-10-21(28-24)19-3-2-11-25-14-19;1-2/h2-14,30H,15H2,1H3,(H,27,31)(H,26,28,29);1-2H3. The van der Waals surface area contributed by atoms with Crippen LogP contribution in [0.2, 0.25) is 0 Å². The molecule has 33 heavy (non-hydrogen) atoms. The van der Waals surface area contributed by atoms with Crippen LogP contribution < -0.4 is 10.6 Å². The summed E-state index contributed by atoms with van der Waals surface area (Å²) in [7, 11) is 0. The third-order valence-electron chi connectivity index (χ3n) is 4.75. The first-order valence-electron chi connectivity index (χ1n) is 10.7. The molecule has 0 aliphatic carbocycles. The second-order valence-electron chi connectivity index (χ2n) is 6.97. The second-order valence-corrected chi connectivity index (χ2v) is 6.97. The van der Waals surface area contributed by atoms with Crippen molar-refractivity contribution in [3.05, 3.63) is 95.9 Å². The number of benzene rings is 2. The third-order valence-corrected chi connectivity index (χ3v) is 4.75. The molecule has 2 aromatic carbocycles. The smallest absolute Gasteiger partial charge is 0.255 e. The fraction of sp³-hybridized carbons (Fsp3) is 0.154. The normalized spacial score (nSPS) is 10.1. The fourth-order valence-electron chi connectivity index (χ4n) is 3.01. The van der Waals surface area contributed by atoms with Crippen LogP contribution in [-0.4, -0.2) is 26.0 Å². The second kappa shape index (κ2) is 11.5. The molecule has 0 saturated heterocycles. The number of anilines is 3. The van der Waals surface area contributed by atoms with Gasteiger partial charge in [-0.05, 0) is 60.5 Å². The van der Waals surface area contributed by atoms with E-state index in [4.69, 9.17) is 5.11 Å². The Balaban J connectivity index is 0.00000149. The van der Waals surface area contributed by atoms with Crippen molar-refractivity contribution in [2.45, 2.75) is 27.4 Å². The molecule has 0 atom stereocenters. The molecule has 2 heterocycles. The van der Waals surface area contributed by atoms with Crippen molar-refractivity contribution in [1.82, 2.24) is 15.0 Å². The highest BCUT2D eigenvalue weighted by Crippen LogP contribution is 2.24. The van der Waals surface area contributed by atoms with Crippen molar-refractivity contribution in [3.8, 4) is 11.3 Å². The largest absolute Gasteiger partial charge is 0.392 e. The van der Waals surface area contributed by atoms with E-state index in [2.05, 4.69) is 25.6 Å². The predicted molar refractivity (Wildman–Crippen MR) is 131 cm³/mol. The van der Waals surface area contributed by atoms with Crippen molar-refractivity contribution in [2.24, 2.45) is 0 Å². The first-order chi connectivity index (χ1) is 16.1. The van der Waals surface area contributed by atoms with Crippen molar-refractivity contribution < 1.29 is 9.90 Å². The summed E-state index contributed by atoms with van der Waals surface area (Å²) >= 11 is 0. The SMILES string of the molecule is CC.Cc1ccc(NC(=O)c2ccc(CO)cc2)cc1Nc1nccc(-c2cccnc2)n1. The molecule has 7 nitrogen and oxygen atoms in total. The molecule has 3 N–H and O–H groups in total. The number of rotatable bonds is 6. The Bertz CT molecular complexity index is 1190. The van der Waals surface area contributed by atoms with Crippen LogP contribution in [0, 0.1) is 6.92 Å². The highest BCUT2D eigenvalue weighted by molar-refractivity contribution is 6.04. The summed E-state index contributed by atoms with van der Waals surface area (Å²) in [5, 5.41) is 15.3. The van der Waals surface area contributed by atoms with Gasteiger partial charge < -0.3 is 15.7 Å². The lowest BCUT2D eigenvalue weighted by molar-refractivity contribution is 0.102. The van der Waals surface area contributed by atoms with E-state index in [-0.39, 0.29) is 12.5 Å². The quantitative estimate of drug-likeness (QED) is 0.372. The van der Waals surface area contributed by atoms with E-state index < -0.39 is 0 Å². The predicted octanol–water partition coefficient (Wildman–Crippen LogP) is 5.36. The van der Waals surface area contributed by atoms with Crippen LogP contribution in [0.25, 0.3) is 11.3 Å². The maximum absolute atomic E-state index is 12.5. The average Bonchev–Trinajstić information content (AvgIpc) is 2.88. The number of carbonyl (C=O) groups excluding carboxylic acids is 1. The first kappa shape index (κ1) is 23.6. The monoisotopic (exact) mass is 441 g/mol.